The molecule has 0 spiro atoms. The van der Waals surface area contributed by atoms with Crippen LogP contribution in [0.5, 0.6) is 5.88 Å². The molecule has 74 valence electrons. The van der Waals surface area contributed by atoms with Crippen LogP contribution in [0.15, 0.2) is 18.2 Å². The minimum Gasteiger partial charge on any atom is -0.408 e. The molecule has 1 N–H and O–H groups in total. The van der Waals surface area contributed by atoms with Crippen LogP contribution in [0.3, 0.4) is 0 Å². The number of anilines is 1. The van der Waals surface area contributed by atoms with Gasteiger partial charge in [0.15, 0.2) is 0 Å². The van der Waals surface area contributed by atoms with Crippen LogP contribution >= 0.6 is 0 Å². The quantitative estimate of drug-likeness (QED) is 0.712. The van der Waals surface area contributed by atoms with Crippen molar-refractivity contribution in [3.8, 4) is 5.88 Å². The molecule has 0 saturated carbocycles. The van der Waals surface area contributed by atoms with Crippen molar-refractivity contribution in [2.45, 2.75) is 13.8 Å². The average molecular weight is 194 g/mol. The SMILES string of the molecule is CC(=O)Nc1cccc(OC(C)=O)n1. The Hall–Kier alpha value is -1.91. The van der Waals surface area contributed by atoms with Gasteiger partial charge in [0, 0.05) is 19.9 Å². The molecule has 0 aliphatic rings. The van der Waals surface area contributed by atoms with Crippen LogP contribution in [0.4, 0.5) is 5.82 Å². The molecule has 0 fully saturated rings. The molecule has 0 aromatic carbocycles. The number of ether oxygens (including phenoxy) is 1. The highest BCUT2D eigenvalue weighted by Gasteiger charge is 2.01. The van der Waals surface area contributed by atoms with E-state index in [9.17, 15) is 9.59 Å². The number of nitrogens with zero attached hydrogens (tertiary/aromatic N) is 1. The van der Waals surface area contributed by atoms with Gasteiger partial charge in [0.2, 0.25) is 11.8 Å². The van der Waals surface area contributed by atoms with Gasteiger partial charge < -0.3 is 10.1 Å². The van der Waals surface area contributed by atoms with Gasteiger partial charge in [-0.2, -0.15) is 4.98 Å². The zero-order valence-corrected chi connectivity index (χ0v) is 7.90. The van der Waals surface area contributed by atoms with E-state index in [0.29, 0.717) is 5.82 Å². The van der Waals surface area contributed by atoms with Crippen LogP contribution in [-0.2, 0) is 9.59 Å². The number of carbonyl (C=O) groups is 2. The summed E-state index contributed by atoms with van der Waals surface area (Å²) >= 11 is 0. The lowest BCUT2D eigenvalue weighted by molar-refractivity contribution is -0.132. The second-order valence-corrected chi connectivity index (χ2v) is 2.64. The fraction of sp³-hybridized carbons (Fsp3) is 0.222. The van der Waals surface area contributed by atoms with E-state index in [1.54, 1.807) is 12.1 Å². The van der Waals surface area contributed by atoms with Crippen LogP contribution in [0, 0.1) is 0 Å². The molecule has 5 heteroatoms. The summed E-state index contributed by atoms with van der Waals surface area (Å²) in [5.74, 6) is -0.144. The van der Waals surface area contributed by atoms with Gasteiger partial charge in [-0.05, 0) is 6.07 Å². The molecule has 0 aliphatic carbocycles. The summed E-state index contributed by atoms with van der Waals surface area (Å²) in [5.41, 5.74) is 0. The van der Waals surface area contributed by atoms with Crippen molar-refractivity contribution in [1.82, 2.24) is 4.98 Å². The van der Waals surface area contributed by atoms with E-state index >= 15 is 0 Å². The molecule has 0 radical (unpaired) electrons. The number of pyridine rings is 1. The number of hydrogen-bond donors (Lipinski definition) is 1. The van der Waals surface area contributed by atoms with Crippen LogP contribution < -0.4 is 10.1 Å². The average Bonchev–Trinajstić information content (AvgIpc) is 2.01. The van der Waals surface area contributed by atoms with Crippen LogP contribution in [0.2, 0.25) is 0 Å². The van der Waals surface area contributed by atoms with Gasteiger partial charge in [-0.3, -0.25) is 9.59 Å². The number of hydrogen-bond acceptors (Lipinski definition) is 4. The van der Waals surface area contributed by atoms with Crippen LogP contribution in [-0.4, -0.2) is 16.9 Å². The highest BCUT2D eigenvalue weighted by atomic mass is 16.5. The van der Waals surface area contributed by atoms with E-state index in [-0.39, 0.29) is 11.8 Å². The topological polar surface area (TPSA) is 68.3 Å². The first-order valence-corrected chi connectivity index (χ1v) is 4.01. The first-order chi connectivity index (χ1) is 6.58. The van der Waals surface area contributed by atoms with Gasteiger partial charge in [-0.15, -0.1) is 0 Å². The highest BCUT2D eigenvalue weighted by molar-refractivity contribution is 5.87. The van der Waals surface area contributed by atoms with E-state index in [1.807, 2.05) is 0 Å². The fourth-order valence-corrected chi connectivity index (χ4v) is 0.869. The Morgan fingerprint density at radius 1 is 1.36 bits per heavy atom. The zero-order chi connectivity index (χ0) is 10.6. The summed E-state index contributed by atoms with van der Waals surface area (Å²) in [4.78, 5) is 25.2. The van der Waals surface area contributed by atoms with Crippen LogP contribution in [0.1, 0.15) is 13.8 Å². The third-order valence-corrected chi connectivity index (χ3v) is 1.28. The Morgan fingerprint density at radius 3 is 2.64 bits per heavy atom. The maximum Gasteiger partial charge on any atom is 0.309 e. The minimum atomic E-state index is -0.447. The van der Waals surface area contributed by atoms with Crippen molar-refractivity contribution < 1.29 is 14.3 Å². The predicted octanol–water partition coefficient (Wildman–Crippen LogP) is 0.965. The smallest absolute Gasteiger partial charge is 0.309 e. The van der Waals surface area contributed by atoms with Gasteiger partial charge in [-0.1, -0.05) is 6.07 Å². The number of nitrogens with one attached hydrogen (secondary N) is 1. The number of amides is 1. The summed E-state index contributed by atoms with van der Waals surface area (Å²) < 4.78 is 4.74. The Balaban J connectivity index is 2.78. The molecule has 1 aromatic rings. The second kappa shape index (κ2) is 4.36. The Morgan fingerprint density at radius 2 is 2.07 bits per heavy atom. The monoisotopic (exact) mass is 194 g/mol. The van der Waals surface area contributed by atoms with Crippen molar-refractivity contribution in [3.05, 3.63) is 18.2 Å². The van der Waals surface area contributed by atoms with E-state index in [4.69, 9.17) is 4.74 Å². The van der Waals surface area contributed by atoms with E-state index in [0.717, 1.165) is 0 Å². The number of esters is 1. The third-order valence-electron chi connectivity index (χ3n) is 1.28. The molecule has 1 heterocycles. The molecular formula is C9H10N2O3. The van der Waals surface area contributed by atoms with Crippen molar-refractivity contribution >= 4 is 17.7 Å². The largest absolute Gasteiger partial charge is 0.408 e. The molecule has 1 amide bonds. The van der Waals surface area contributed by atoms with Crippen molar-refractivity contribution in [2.75, 3.05) is 5.32 Å². The molecular weight excluding hydrogens is 184 g/mol. The van der Waals surface area contributed by atoms with Crippen LogP contribution in [0.25, 0.3) is 0 Å². The normalized spacial score (nSPS) is 9.29. The first kappa shape index (κ1) is 10.2. The second-order valence-electron chi connectivity index (χ2n) is 2.64. The number of rotatable bonds is 2. The maximum atomic E-state index is 10.7. The lowest BCUT2D eigenvalue weighted by Crippen LogP contribution is -2.09. The molecule has 14 heavy (non-hydrogen) atoms. The molecule has 0 bridgehead atoms. The Bertz CT molecular complexity index is 332. The number of aromatic nitrogens is 1. The maximum absolute atomic E-state index is 10.7. The molecule has 0 aliphatic heterocycles. The number of carbonyl (C=O) groups excluding carboxylic acids is 2. The first-order valence-electron chi connectivity index (χ1n) is 4.01. The lowest BCUT2D eigenvalue weighted by Gasteiger charge is -2.03. The van der Waals surface area contributed by atoms with Crippen molar-refractivity contribution in [1.29, 1.82) is 0 Å². The summed E-state index contributed by atoms with van der Waals surface area (Å²) in [5, 5.41) is 2.48. The standard InChI is InChI=1S/C9H10N2O3/c1-6(12)10-8-4-3-5-9(11-8)14-7(2)13/h3-5H,1-2H3,(H,10,11,12). The lowest BCUT2D eigenvalue weighted by atomic mass is 10.4. The molecule has 1 rings (SSSR count). The fourth-order valence-electron chi connectivity index (χ4n) is 0.869. The highest BCUT2D eigenvalue weighted by Crippen LogP contribution is 2.11. The van der Waals surface area contributed by atoms with Gasteiger partial charge in [0.1, 0.15) is 5.82 Å². The van der Waals surface area contributed by atoms with Crippen molar-refractivity contribution in [3.63, 3.8) is 0 Å². The molecule has 1 aromatic heterocycles. The van der Waals surface area contributed by atoms with E-state index < -0.39 is 5.97 Å². The van der Waals surface area contributed by atoms with E-state index in [1.165, 1.54) is 19.9 Å². The summed E-state index contributed by atoms with van der Waals surface area (Å²) in [6.45, 7) is 2.66. The Labute approximate surface area is 81.1 Å². The zero-order valence-electron chi connectivity index (χ0n) is 7.90. The molecule has 0 atom stereocenters. The van der Waals surface area contributed by atoms with Gasteiger partial charge in [-0.25, -0.2) is 0 Å². The molecule has 0 unspecified atom stereocenters. The summed E-state index contributed by atoms with van der Waals surface area (Å²) in [6, 6.07) is 4.78. The Kier molecular flexibility index (Phi) is 3.17. The van der Waals surface area contributed by atoms with E-state index in [2.05, 4.69) is 10.3 Å². The third kappa shape index (κ3) is 3.22. The van der Waals surface area contributed by atoms with Gasteiger partial charge in [0.05, 0.1) is 0 Å². The predicted molar refractivity (Wildman–Crippen MR) is 49.8 cm³/mol. The summed E-state index contributed by atoms with van der Waals surface area (Å²) in [7, 11) is 0. The van der Waals surface area contributed by atoms with Gasteiger partial charge >= 0.3 is 5.97 Å². The molecule has 5 nitrogen and oxygen atoms in total. The minimum absolute atomic E-state index is 0.170. The van der Waals surface area contributed by atoms with Crippen molar-refractivity contribution in [2.24, 2.45) is 0 Å². The van der Waals surface area contributed by atoms with Gasteiger partial charge in [0.25, 0.3) is 0 Å². The summed E-state index contributed by atoms with van der Waals surface area (Å²) in [6.07, 6.45) is 0. The molecule has 0 saturated heterocycles.